The topological polar surface area (TPSA) is 72.2 Å². The Balaban J connectivity index is 1.96. The molecular formula is C15H12N2O3S. The molecule has 0 bridgehead atoms. The Kier molecular flexibility index (Phi) is 3.45. The van der Waals surface area contributed by atoms with Gasteiger partial charge in [0.25, 0.3) is 10.0 Å². The van der Waals surface area contributed by atoms with Crippen LogP contribution in [0.2, 0.25) is 0 Å². The molecule has 1 heterocycles. The third-order valence-corrected chi connectivity index (χ3v) is 4.29. The van der Waals surface area contributed by atoms with E-state index in [1.807, 2.05) is 30.3 Å². The van der Waals surface area contributed by atoms with Gasteiger partial charge in [0.15, 0.2) is 5.76 Å². The van der Waals surface area contributed by atoms with E-state index in [9.17, 15) is 8.42 Å². The second-order valence-electron chi connectivity index (χ2n) is 4.35. The van der Waals surface area contributed by atoms with Crippen molar-refractivity contribution < 1.29 is 12.9 Å². The van der Waals surface area contributed by atoms with E-state index in [-0.39, 0.29) is 4.90 Å². The summed E-state index contributed by atoms with van der Waals surface area (Å²) in [6, 6.07) is 17.3. The van der Waals surface area contributed by atoms with E-state index in [0.29, 0.717) is 11.4 Å². The molecule has 1 aromatic heterocycles. The first kappa shape index (κ1) is 13.4. The molecule has 0 aliphatic carbocycles. The molecule has 2 aromatic carbocycles. The number of hydrogen-bond acceptors (Lipinski definition) is 4. The van der Waals surface area contributed by atoms with Crippen LogP contribution in [0.15, 0.2) is 76.3 Å². The van der Waals surface area contributed by atoms with Crippen molar-refractivity contribution in [2.24, 2.45) is 0 Å². The quantitative estimate of drug-likeness (QED) is 0.803. The number of sulfonamides is 1. The fraction of sp³-hybridized carbons (Fsp3) is 0. The number of nitrogens with zero attached hydrogens (tertiary/aromatic N) is 1. The van der Waals surface area contributed by atoms with Gasteiger partial charge in [-0.05, 0) is 12.1 Å². The Morgan fingerprint density at radius 2 is 1.52 bits per heavy atom. The first-order valence-corrected chi connectivity index (χ1v) is 7.73. The van der Waals surface area contributed by atoms with Gasteiger partial charge in [0.05, 0.1) is 11.1 Å². The zero-order chi connectivity index (χ0) is 14.7. The summed E-state index contributed by atoms with van der Waals surface area (Å²) >= 11 is 0. The summed E-state index contributed by atoms with van der Waals surface area (Å²) in [4.78, 5) is 0.185. The van der Waals surface area contributed by atoms with Crippen LogP contribution in [0.4, 0.5) is 5.69 Å². The molecule has 0 saturated heterocycles. The summed E-state index contributed by atoms with van der Waals surface area (Å²) in [6.07, 6.45) is 1.35. The molecule has 0 amide bonds. The number of benzene rings is 2. The van der Waals surface area contributed by atoms with Crippen LogP contribution < -0.4 is 4.72 Å². The first-order valence-electron chi connectivity index (χ1n) is 6.25. The molecule has 0 spiro atoms. The molecular weight excluding hydrogens is 288 g/mol. The molecule has 1 N–H and O–H groups in total. The third-order valence-electron chi connectivity index (χ3n) is 2.90. The highest BCUT2D eigenvalue weighted by atomic mass is 32.2. The van der Waals surface area contributed by atoms with E-state index in [0.717, 1.165) is 5.56 Å². The van der Waals surface area contributed by atoms with Gasteiger partial charge >= 0.3 is 0 Å². The van der Waals surface area contributed by atoms with Crippen molar-refractivity contribution in [1.82, 2.24) is 5.16 Å². The highest BCUT2D eigenvalue weighted by Gasteiger charge is 2.18. The molecule has 0 radical (unpaired) electrons. The monoisotopic (exact) mass is 300 g/mol. The zero-order valence-corrected chi connectivity index (χ0v) is 11.7. The van der Waals surface area contributed by atoms with Gasteiger partial charge in [0.2, 0.25) is 0 Å². The summed E-state index contributed by atoms with van der Waals surface area (Å²) in [5.41, 5.74) is 1.06. The van der Waals surface area contributed by atoms with Crippen LogP contribution in [-0.2, 0) is 10.0 Å². The summed E-state index contributed by atoms with van der Waals surface area (Å²) in [6.45, 7) is 0. The van der Waals surface area contributed by atoms with Crippen molar-refractivity contribution in [3.05, 3.63) is 66.9 Å². The molecule has 3 aromatic rings. The maximum absolute atomic E-state index is 12.3. The SMILES string of the molecule is O=S(=O)(Nc1cnoc1-c1ccccc1)c1ccccc1. The van der Waals surface area contributed by atoms with Gasteiger partial charge in [-0.1, -0.05) is 53.7 Å². The highest BCUT2D eigenvalue weighted by molar-refractivity contribution is 7.92. The van der Waals surface area contributed by atoms with E-state index in [4.69, 9.17) is 4.52 Å². The van der Waals surface area contributed by atoms with Crippen molar-refractivity contribution in [3.63, 3.8) is 0 Å². The maximum atomic E-state index is 12.3. The van der Waals surface area contributed by atoms with Gasteiger partial charge in [0.1, 0.15) is 5.69 Å². The Hall–Kier alpha value is -2.60. The fourth-order valence-corrected chi connectivity index (χ4v) is 2.98. The Bertz CT molecular complexity index is 828. The lowest BCUT2D eigenvalue weighted by atomic mass is 10.1. The van der Waals surface area contributed by atoms with E-state index < -0.39 is 10.0 Å². The van der Waals surface area contributed by atoms with Crippen LogP contribution in [0.3, 0.4) is 0 Å². The van der Waals surface area contributed by atoms with Crippen LogP contribution in [0.25, 0.3) is 11.3 Å². The van der Waals surface area contributed by atoms with Crippen molar-refractivity contribution >= 4 is 15.7 Å². The molecule has 0 saturated carbocycles. The molecule has 21 heavy (non-hydrogen) atoms. The lowest BCUT2D eigenvalue weighted by Gasteiger charge is -2.07. The van der Waals surface area contributed by atoms with Crippen LogP contribution in [0, 0.1) is 0 Å². The summed E-state index contributed by atoms with van der Waals surface area (Å²) in [7, 11) is -3.66. The van der Waals surface area contributed by atoms with Gasteiger partial charge in [-0.3, -0.25) is 4.72 Å². The lowest BCUT2D eigenvalue weighted by molar-refractivity contribution is 0.432. The van der Waals surface area contributed by atoms with Crippen LogP contribution in [0.1, 0.15) is 0 Å². The molecule has 5 nitrogen and oxygen atoms in total. The second-order valence-corrected chi connectivity index (χ2v) is 6.04. The smallest absolute Gasteiger partial charge is 0.262 e. The van der Waals surface area contributed by atoms with E-state index in [2.05, 4.69) is 9.88 Å². The second kappa shape index (κ2) is 5.41. The maximum Gasteiger partial charge on any atom is 0.262 e. The minimum Gasteiger partial charge on any atom is -0.354 e. The summed E-state index contributed by atoms with van der Waals surface area (Å²) in [5, 5.41) is 3.67. The standard InChI is InChI=1S/C15H12N2O3S/c18-21(19,13-9-5-2-6-10-13)17-14-11-16-20-15(14)12-7-3-1-4-8-12/h1-11,17H. The number of anilines is 1. The summed E-state index contributed by atoms with van der Waals surface area (Å²) < 4.78 is 32.3. The van der Waals surface area contributed by atoms with Crippen LogP contribution >= 0.6 is 0 Å². The van der Waals surface area contributed by atoms with E-state index in [1.54, 1.807) is 18.2 Å². The predicted octanol–water partition coefficient (Wildman–Crippen LogP) is 3.14. The summed E-state index contributed by atoms with van der Waals surface area (Å²) in [5.74, 6) is 0.384. The molecule has 0 aliphatic rings. The average Bonchev–Trinajstić information content (AvgIpc) is 2.96. The molecule has 3 rings (SSSR count). The molecule has 0 fully saturated rings. The van der Waals surface area contributed by atoms with Crippen LogP contribution in [0.5, 0.6) is 0 Å². The number of rotatable bonds is 4. The normalized spacial score (nSPS) is 11.2. The van der Waals surface area contributed by atoms with Crippen molar-refractivity contribution in [3.8, 4) is 11.3 Å². The van der Waals surface area contributed by atoms with Gasteiger partial charge in [-0.2, -0.15) is 0 Å². The Morgan fingerprint density at radius 3 is 2.19 bits per heavy atom. The lowest BCUT2D eigenvalue weighted by Crippen LogP contribution is -2.12. The first-order chi connectivity index (χ1) is 10.2. The molecule has 0 aliphatic heterocycles. The molecule has 0 atom stereocenters. The fourth-order valence-electron chi connectivity index (χ4n) is 1.91. The van der Waals surface area contributed by atoms with Gasteiger partial charge < -0.3 is 4.52 Å². The molecule has 0 unspecified atom stereocenters. The Labute approximate surface area is 122 Å². The third kappa shape index (κ3) is 2.80. The zero-order valence-electron chi connectivity index (χ0n) is 10.9. The predicted molar refractivity (Wildman–Crippen MR) is 79.2 cm³/mol. The van der Waals surface area contributed by atoms with Crippen molar-refractivity contribution in [2.45, 2.75) is 4.90 Å². The number of aromatic nitrogens is 1. The van der Waals surface area contributed by atoms with Gasteiger partial charge in [0, 0.05) is 5.56 Å². The van der Waals surface area contributed by atoms with Crippen LogP contribution in [-0.4, -0.2) is 13.6 Å². The van der Waals surface area contributed by atoms with Gasteiger partial charge in [-0.25, -0.2) is 8.42 Å². The number of hydrogen-bond donors (Lipinski definition) is 1. The van der Waals surface area contributed by atoms with Crippen molar-refractivity contribution in [2.75, 3.05) is 4.72 Å². The Morgan fingerprint density at radius 1 is 0.905 bits per heavy atom. The van der Waals surface area contributed by atoms with E-state index in [1.165, 1.54) is 18.3 Å². The number of nitrogens with one attached hydrogen (secondary N) is 1. The van der Waals surface area contributed by atoms with Crippen molar-refractivity contribution in [1.29, 1.82) is 0 Å². The largest absolute Gasteiger partial charge is 0.354 e. The molecule has 6 heteroatoms. The van der Waals surface area contributed by atoms with E-state index >= 15 is 0 Å². The van der Waals surface area contributed by atoms with Gasteiger partial charge in [-0.15, -0.1) is 0 Å². The molecule has 106 valence electrons. The minimum atomic E-state index is -3.66. The minimum absolute atomic E-state index is 0.185. The highest BCUT2D eigenvalue weighted by Crippen LogP contribution is 2.29. The average molecular weight is 300 g/mol.